The van der Waals surface area contributed by atoms with Crippen molar-refractivity contribution >= 4 is 17.2 Å². The first-order valence-electron chi connectivity index (χ1n) is 8.54. The van der Waals surface area contributed by atoms with E-state index < -0.39 is 0 Å². The van der Waals surface area contributed by atoms with Crippen molar-refractivity contribution in [2.45, 2.75) is 18.9 Å². The molecular weight excluding hydrogens is 350 g/mol. The molecule has 0 unspecified atom stereocenters. The highest BCUT2D eigenvalue weighted by Gasteiger charge is 2.26. The van der Waals surface area contributed by atoms with Crippen molar-refractivity contribution in [3.63, 3.8) is 0 Å². The molecule has 1 atom stereocenters. The lowest BCUT2D eigenvalue weighted by Gasteiger charge is -2.25. The zero-order chi connectivity index (χ0) is 17.9. The van der Waals surface area contributed by atoms with E-state index in [0.717, 1.165) is 47.9 Å². The Morgan fingerprint density at radius 3 is 2.81 bits per heavy atom. The fraction of sp³-hybridized carbons (Fsp3) is 0.263. The van der Waals surface area contributed by atoms with E-state index >= 15 is 0 Å². The Bertz CT molecular complexity index is 921. The van der Waals surface area contributed by atoms with E-state index in [9.17, 15) is 9.90 Å². The number of nitrogens with zero attached hydrogens (tertiary/aromatic N) is 2. The van der Waals surface area contributed by atoms with Crippen LogP contribution < -0.4 is 14.5 Å². The van der Waals surface area contributed by atoms with Crippen molar-refractivity contribution in [1.29, 1.82) is 0 Å². The number of aromatic hydroxyl groups is 1. The third kappa shape index (κ3) is 3.43. The van der Waals surface area contributed by atoms with Crippen LogP contribution in [0.3, 0.4) is 0 Å². The molecule has 0 spiro atoms. The fourth-order valence-electron chi connectivity index (χ4n) is 3.24. The molecule has 0 aliphatic carbocycles. The Morgan fingerprint density at radius 2 is 2.12 bits per heavy atom. The van der Waals surface area contributed by atoms with Gasteiger partial charge in [0, 0.05) is 12.7 Å². The van der Waals surface area contributed by atoms with E-state index in [1.165, 1.54) is 0 Å². The van der Waals surface area contributed by atoms with Gasteiger partial charge >= 0.3 is 4.87 Å². The van der Waals surface area contributed by atoms with Crippen LogP contribution in [0.15, 0.2) is 53.5 Å². The van der Waals surface area contributed by atoms with Crippen molar-refractivity contribution in [3.05, 3.63) is 58.3 Å². The maximum Gasteiger partial charge on any atom is 0.307 e. The average molecular weight is 369 g/mol. The Morgan fingerprint density at radius 1 is 1.27 bits per heavy atom. The number of aromatic nitrogens is 2. The first kappa shape index (κ1) is 16.7. The summed E-state index contributed by atoms with van der Waals surface area (Å²) in [6.45, 7) is 1.59. The number of anilines is 1. The van der Waals surface area contributed by atoms with Crippen LogP contribution in [0, 0.1) is 0 Å². The molecule has 1 fully saturated rings. The van der Waals surface area contributed by atoms with Gasteiger partial charge in [0.05, 0.1) is 10.9 Å². The van der Waals surface area contributed by atoms with Gasteiger partial charge in [0.25, 0.3) is 0 Å². The third-order valence-electron chi connectivity index (χ3n) is 4.51. The monoisotopic (exact) mass is 369 g/mol. The highest BCUT2D eigenvalue weighted by atomic mass is 32.1. The summed E-state index contributed by atoms with van der Waals surface area (Å²) >= 11 is 0.989. The SMILES string of the molecule is O=c1[nH]c(O)c(-c2ccc(OC[C@@H]3CCCN3c3ccccn3)cc2)s1. The summed E-state index contributed by atoms with van der Waals surface area (Å²) in [7, 11) is 0. The highest BCUT2D eigenvalue weighted by Crippen LogP contribution is 2.31. The van der Waals surface area contributed by atoms with Crippen molar-refractivity contribution in [2.75, 3.05) is 18.1 Å². The van der Waals surface area contributed by atoms with E-state index in [4.69, 9.17) is 4.74 Å². The Labute approximate surface area is 154 Å². The lowest BCUT2D eigenvalue weighted by molar-refractivity contribution is 0.288. The van der Waals surface area contributed by atoms with Gasteiger partial charge in [-0.1, -0.05) is 17.4 Å². The van der Waals surface area contributed by atoms with Gasteiger partial charge in [-0.15, -0.1) is 0 Å². The fourth-order valence-corrected chi connectivity index (χ4v) is 3.98. The number of ether oxygens (including phenoxy) is 1. The predicted molar refractivity (Wildman–Crippen MR) is 102 cm³/mol. The summed E-state index contributed by atoms with van der Waals surface area (Å²) in [5, 5.41) is 9.75. The van der Waals surface area contributed by atoms with Gasteiger partial charge < -0.3 is 14.7 Å². The molecule has 2 N–H and O–H groups in total. The summed E-state index contributed by atoms with van der Waals surface area (Å²) in [6, 6.07) is 13.7. The molecule has 2 aromatic heterocycles. The molecule has 1 aliphatic rings. The summed E-state index contributed by atoms with van der Waals surface area (Å²) in [4.78, 5) is 20.7. The normalized spacial score (nSPS) is 16.8. The van der Waals surface area contributed by atoms with E-state index in [1.54, 1.807) is 0 Å². The van der Waals surface area contributed by atoms with Crippen molar-refractivity contribution in [3.8, 4) is 22.1 Å². The summed E-state index contributed by atoms with van der Waals surface area (Å²) in [5.41, 5.74) is 0.786. The minimum atomic E-state index is -0.270. The van der Waals surface area contributed by atoms with E-state index in [1.807, 2.05) is 48.7 Å². The third-order valence-corrected chi connectivity index (χ3v) is 5.43. The van der Waals surface area contributed by atoms with Crippen LogP contribution in [0.25, 0.3) is 10.4 Å². The molecular formula is C19H19N3O3S. The molecule has 1 saturated heterocycles. The number of pyridine rings is 1. The van der Waals surface area contributed by atoms with Gasteiger partial charge in [-0.2, -0.15) is 0 Å². The second kappa shape index (κ2) is 7.21. The average Bonchev–Trinajstić information content (AvgIpc) is 3.27. The smallest absolute Gasteiger partial charge is 0.307 e. The van der Waals surface area contributed by atoms with Crippen LogP contribution in [0.5, 0.6) is 11.6 Å². The van der Waals surface area contributed by atoms with Gasteiger partial charge in [0.2, 0.25) is 5.88 Å². The van der Waals surface area contributed by atoms with Crippen LogP contribution in [0.1, 0.15) is 12.8 Å². The number of H-pyrrole nitrogens is 1. The van der Waals surface area contributed by atoms with Gasteiger partial charge in [-0.05, 0) is 54.8 Å². The van der Waals surface area contributed by atoms with Gasteiger partial charge in [-0.3, -0.25) is 9.78 Å². The molecule has 4 rings (SSSR count). The number of benzene rings is 1. The van der Waals surface area contributed by atoms with Crippen molar-refractivity contribution in [1.82, 2.24) is 9.97 Å². The molecule has 3 aromatic rings. The van der Waals surface area contributed by atoms with E-state index in [2.05, 4.69) is 14.9 Å². The van der Waals surface area contributed by atoms with E-state index in [0.29, 0.717) is 17.5 Å². The first-order chi connectivity index (χ1) is 12.7. The molecule has 26 heavy (non-hydrogen) atoms. The molecule has 1 aliphatic heterocycles. The van der Waals surface area contributed by atoms with Crippen molar-refractivity contribution in [2.24, 2.45) is 0 Å². The molecule has 6 nitrogen and oxygen atoms in total. The molecule has 7 heteroatoms. The maximum atomic E-state index is 11.3. The van der Waals surface area contributed by atoms with Crippen LogP contribution in [0.4, 0.5) is 5.82 Å². The first-order valence-corrected chi connectivity index (χ1v) is 9.35. The Kier molecular flexibility index (Phi) is 4.62. The molecule has 0 bridgehead atoms. The number of nitrogens with one attached hydrogen (secondary N) is 1. The van der Waals surface area contributed by atoms with Gasteiger partial charge in [0.1, 0.15) is 18.2 Å². The lowest BCUT2D eigenvalue weighted by atomic mass is 10.2. The predicted octanol–water partition coefficient (Wildman–Crippen LogP) is 3.25. The summed E-state index contributed by atoms with van der Waals surface area (Å²) in [6.07, 6.45) is 4.03. The van der Waals surface area contributed by atoms with Gasteiger partial charge in [-0.25, -0.2) is 4.98 Å². The molecule has 0 amide bonds. The summed E-state index contributed by atoms with van der Waals surface area (Å²) < 4.78 is 5.97. The Balaban J connectivity index is 1.42. The van der Waals surface area contributed by atoms with Gasteiger partial charge in [0.15, 0.2) is 0 Å². The minimum absolute atomic E-state index is 0.0920. The highest BCUT2D eigenvalue weighted by molar-refractivity contribution is 7.13. The van der Waals surface area contributed by atoms with E-state index in [-0.39, 0.29) is 10.8 Å². The molecule has 3 heterocycles. The molecule has 0 saturated carbocycles. The number of aromatic amines is 1. The van der Waals surface area contributed by atoms with Crippen LogP contribution in [-0.4, -0.2) is 34.3 Å². The zero-order valence-corrected chi connectivity index (χ0v) is 14.9. The summed E-state index contributed by atoms with van der Waals surface area (Å²) in [5.74, 6) is 1.67. The minimum Gasteiger partial charge on any atom is -0.493 e. The lowest BCUT2D eigenvalue weighted by Crippen LogP contribution is -2.34. The zero-order valence-electron chi connectivity index (χ0n) is 14.1. The van der Waals surface area contributed by atoms with Crippen molar-refractivity contribution < 1.29 is 9.84 Å². The molecule has 1 aromatic carbocycles. The van der Waals surface area contributed by atoms with Crippen LogP contribution in [-0.2, 0) is 0 Å². The number of thiazole rings is 1. The molecule has 134 valence electrons. The number of hydrogen-bond acceptors (Lipinski definition) is 6. The quantitative estimate of drug-likeness (QED) is 0.722. The number of hydrogen-bond donors (Lipinski definition) is 2. The van der Waals surface area contributed by atoms with Crippen LogP contribution >= 0.6 is 11.3 Å². The largest absolute Gasteiger partial charge is 0.493 e. The Hall–Kier alpha value is -2.80. The topological polar surface area (TPSA) is 78.5 Å². The standard InChI is InChI=1S/C19H19N3O3S/c23-18-17(26-19(24)21-18)13-6-8-15(9-7-13)25-12-14-4-3-11-22(14)16-5-1-2-10-20-16/h1-2,5-10,14,23H,3-4,11-12H2,(H,21,24)/t14-/m0/s1. The maximum absolute atomic E-state index is 11.3. The van der Waals surface area contributed by atoms with Crippen LogP contribution in [0.2, 0.25) is 0 Å². The number of rotatable bonds is 5. The second-order valence-electron chi connectivity index (χ2n) is 6.21. The second-order valence-corrected chi connectivity index (χ2v) is 7.19. The molecule has 0 radical (unpaired) electrons.